The molecule has 0 bridgehead atoms. The molecule has 4 nitrogen and oxygen atoms in total. The lowest BCUT2D eigenvalue weighted by Gasteiger charge is -2.36. The number of carbonyl (C=O) groups excluding carboxylic acids is 1. The van der Waals surface area contributed by atoms with Crippen LogP contribution in [0.3, 0.4) is 0 Å². The highest BCUT2D eigenvalue weighted by Crippen LogP contribution is 2.43. The highest BCUT2D eigenvalue weighted by atomic mass is 16.5. The maximum Gasteiger partial charge on any atom is 0.336 e. The second-order valence-electron chi connectivity index (χ2n) is 10.1. The summed E-state index contributed by atoms with van der Waals surface area (Å²) in [5, 5.41) is 0. The molecule has 0 aliphatic heterocycles. The third-order valence-electron chi connectivity index (χ3n) is 5.20. The summed E-state index contributed by atoms with van der Waals surface area (Å²) in [6.45, 7) is 13.6. The number of rotatable bonds is 7. The molecule has 0 N–H and O–H groups in total. The van der Waals surface area contributed by atoms with Crippen molar-refractivity contribution in [2.75, 3.05) is 14.2 Å². The van der Waals surface area contributed by atoms with E-state index in [4.69, 9.17) is 14.2 Å². The van der Waals surface area contributed by atoms with Crippen molar-refractivity contribution in [1.29, 1.82) is 0 Å². The summed E-state index contributed by atoms with van der Waals surface area (Å²) in [7, 11) is 3.18. The number of methoxy groups -OCH3 is 2. The van der Waals surface area contributed by atoms with Gasteiger partial charge in [-0.3, -0.25) is 0 Å². The molecule has 0 saturated heterocycles. The summed E-state index contributed by atoms with van der Waals surface area (Å²) in [5.74, 6) is 1.84. The van der Waals surface area contributed by atoms with Crippen LogP contribution in [-0.2, 0) is 4.79 Å². The van der Waals surface area contributed by atoms with Crippen LogP contribution in [0.1, 0.15) is 65.0 Å². The first-order valence-corrected chi connectivity index (χ1v) is 10.6. The minimum Gasteiger partial charge on any atom is -0.497 e. The average Bonchev–Trinajstić information content (AvgIpc) is 2.69. The second-order valence-corrected chi connectivity index (χ2v) is 10.1. The lowest BCUT2D eigenvalue weighted by molar-refractivity contribution is -0.128. The molecule has 0 saturated carbocycles. The summed E-state index contributed by atoms with van der Waals surface area (Å²) in [6.07, 6.45) is 4.14. The smallest absolute Gasteiger partial charge is 0.336 e. The van der Waals surface area contributed by atoms with Crippen LogP contribution in [0.4, 0.5) is 0 Å². The monoisotopic (exact) mass is 424 g/mol. The Balaban J connectivity index is 2.12. The van der Waals surface area contributed by atoms with Crippen LogP contribution in [0, 0.1) is 10.8 Å². The highest BCUT2D eigenvalue weighted by molar-refractivity contribution is 5.89. The maximum atomic E-state index is 12.3. The van der Waals surface area contributed by atoms with Gasteiger partial charge < -0.3 is 14.2 Å². The first-order valence-electron chi connectivity index (χ1n) is 10.6. The molecule has 0 heterocycles. The van der Waals surface area contributed by atoms with Gasteiger partial charge in [-0.05, 0) is 65.1 Å². The molecule has 0 fully saturated rings. The van der Waals surface area contributed by atoms with Crippen molar-refractivity contribution in [2.45, 2.75) is 53.9 Å². The predicted molar refractivity (Wildman–Crippen MR) is 127 cm³/mol. The van der Waals surface area contributed by atoms with Gasteiger partial charge in [0.2, 0.25) is 0 Å². The Morgan fingerprint density at radius 2 is 1.52 bits per heavy atom. The predicted octanol–water partition coefficient (Wildman–Crippen LogP) is 6.89. The van der Waals surface area contributed by atoms with E-state index in [0.717, 1.165) is 12.0 Å². The fourth-order valence-corrected chi connectivity index (χ4v) is 3.58. The molecule has 31 heavy (non-hydrogen) atoms. The van der Waals surface area contributed by atoms with Crippen molar-refractivity contribution in [3.05, 3.63) is 59.7 Å². The first kappa shape index (κ1) is 24.5. The van der Waals surface area contributed by atoms with E-state index in [1.807, 2.05) is 12.1 Å². The fourth-order valence-electron chi connectivity index (χ4n) is 3.58. The summed E-state index contributed by atoms with van der Waals surface area (Å²) < 4.78 is 16.1. The molecule has 2 rings (SSSR count). The van der Waals surface area contributed by atoms with Crippen LogP contribution >= 0.6 is 0 Å². The largest absolute Gasteiger partial charge is 0.497 e. The Morgan fingerprint density at radius 3 is 2.03 bits per heavy atom. The lowest BCUT2D eigenvalue weighted by atomic mass is 9.69. The molecule has 4 heteroatoms. The lowest BCUT2D eigenvalue weighted by Crippen LogP contribution is -2.23. The SMILES string of the molecule is COc1ccc(OC)c(C=CC(=O)Oc2ccc(C(CC(C)(C)C)C(C)(C)C)cc2)c1. The molecular weight excluding hydrogens is 388 g/mol. The zero-order valence-electron chi connectivity index (χ0n) is 20.1. The van der Waals surface area contributed by atoms with Gasteiger partial charge in [0, 0.05) is 11.6 Å². The molecule has 0 amide bonds. The summed E-state index contributed by atoms with van der Waals surface area (Å²) in [5.41, 5.74) is 2.38. The number of esters is 1. The van der Waals surface area contributed by atoms with Gasteiger partial charge in [0.25, 0.3) is 0 Å². The molecule has 0 radical (unpaired) electrons. The van der Waals surface area contributed by atoms with E-state index < -0.39 is 5.97 Å². The van der Waals surface area contributed by atoms with E-state index in [1.54, 1.807) is 38.5 Å². The molecule has 2 aromatic carbocycles. The number of benzene rings is 2. The van der Waals surface area contributed by atoms with Crippen LogP contribution < -0.4 is 14.2 Å². The quantitative estimate of drug-likeness (QED) is 0.276. The van der Waals surface area contributed by atoms with Crippen molar-refractivity contribution >= 4 is 12.0 Å². The van der Waals surface area contributed by atoms with Gasteiger partial charge in [0.15, 0.2) is 0 Å². The van der Waals surface area contributed by atoms with Gasteiger partial charge in [-0.1, -0.05) is 53.7 Å². The zero-order chi connectivity index (χ0) is 23.2. The number of hydrogen-bond donors (Lipinski definition) is 0. The first-order chi connectivity index (χ1) is 14.4. The van der Waals surface area contributed by atoms with Gasteiger partial charge in [-0.2, -0.15) is 0 Å². The van der Waals surface area contributed by atoms with Gasteiger partial charge >= 0.3 is 5.97 Å². The number of hydrogen-bond acceptors (Lipinski definition) is 4. The number of ether oxygens (including phenoxy) is 3. The van der Waals surface area contributed by atoms with E-state index in [2.05, 4.69) is 53.7 Å². The van der Waals surface area contributed by atoms with E-state index in [0.29, 0.717) is 23.2 Å². The Hall–Kier alpha value is -2.75. The summed E-state index contributed by atoms with van der Waals surface area (Å²) in [4.78, 5) is 12.3. The van der Waals surface area contributed by atoms with Gasteiger partial charge in [0.05, 0.1) is 14.2 Å². The Kier molecular flexibility index (Phi) is 7.94. The third-order valence-corrected chi connectivity index (χ3v) is 5.20. The summed E-state index contributed by atoms with van der Waals surface area (Å²) >= 11 is 0. The molecular formula is C27H36O4. The summed E-state index contributed by atoms with van der Waals surface area (Å²) in [6, 6.07) is 13.3. The molecule has 2 aromatic rings. The average molecular weight is 425 g/mol. The Morgan fingerprint density at radius 1 is 0.903 bits per heavy atom. The fraction of sp³-hybridized carbons (Fsp3) is 0.444. The molecule has 1 atom stereocenters. The van der Waals surface area contributed by atoms with Crippen LogP contribution in [0.5, 0.6) is 17.2 Å². The van der Waals surface area contributed by atoms with Gasteiger partial charge in [-0.15, -0.1) is 0 Å². The molecule has 0 aliphatic carbocycles. The third kappa shape index (κ3) is 7.46. The molecule has 1 unspecified atom stereocenters. The maximum absolute atomic E-state index is 12.3. The van der Waals surface area contributed by atoms with Crippen molar-refractivity contribution in [3.8, 4) is 17.2 Å². The number of carbonyl (C=O) groups is 1. The molecule has 0 aromatic heterocycles. The standard InChI is InChI=1S/C27H36O4/c1-26(2,3)18-23(27(4,5)6)19-9-12-21(13-10-19)31-25(28)16-11-20-17-22(29-7)14-15-24(20)30-8/h9-17,23H,18H2,1-8H3. The van der Waals surface area contributed by atoms with Crippen molar-refractivity contribution < 1.29 is 19.0 Å². The Labute approximate surface area is 187 Å². The minimum atomic E-state index is -0.445. The van der Waals surface area contributed by atoms with E-state index in [-0.39, 0.29) is 10.8 Å². The van der Waals surface area contributed by atoms with Crippen LogP contribution in [0.2, 0.25) is 0 Å². The second kappa shape index (κ2) is 10.0. The highest BCUT2D eigenvalue weighted by Gasteiger charge is 2.30. The molecule has 0 spiro atoms. The van der Waals surface area contributed by atoms with Gasteiger partial charge in [0.1, 0.15) is 17.2 Å². The van der Waals surface area contributed by atoms with Crippen LogP contribution in [-0.4, -0.2) is 20.2 Å². The van der Waals surface area contributed by atoms with Gasteiger partial charge in [-0.25, -0.2) is 4.79 Å². The Bertz CT molecular complexity index is 896. The van der Waals surface area contributed by atoms with Crippen molar-refractivity contribution in [3.63, 3.8) is 0 Å². The zero-order valence-corrected chi connectivity index (χ0v) is 20.1. The van der Waals surface area contributed by atoms with Crippen molar-refractivity contribution in [2.24, 2.45) is 10.8 Å². The van der Waals surface area contributed by atoms with E-state index in [1.165, 1.54) is 11.6 Å². The topological polar surface area (TPSA) is 44.8 Å². The normalized spacial score (nSPS) is 13.2. The van der Waals surface area contributed by atoms with Crippen LogP contribution in [0.15, 0.2) is 48.5 Å². The molecule has 0 aliphatic rings. The van der Waals surface area contributed by atoms with Crippen LogP contribution in [0.25, 0.3) is 6.08 Å². The minimum absolute atomic E-state index is 0.143. The van der Waals surface area contributed by atoms with Crippen molar-refractivity contribution in [1.82, 2.24) is 0 Å². The van der Waals surface area contributed by atoms with E-state index >= 15 is 0 Å². The molecule has 168 valence electrons. The van der Waals surface area contributed by atoms with E-state index in [9.17, 15) is 4.79 Å².